The van der Waals surface area contributed by atoms with Gasteiger partial charge in [0.25, 0.3) is 0 Å². The molecule has 0 aromatic carbocycles. The van der Waals surface area contributed by atoms with Crippen LogP contribution in [0.15, 0.2) is 0 Å². The second-order valence-electron chi connectivity index (χ2n) is 4.43. The third-order valence-corrected chi connectivity index (χ3v) is 3.02. The van der Waals surface area contributed by atoms with E-state index < -0.39 is 0 Å². The van der Waals surface area contributed by atoms with Crippen LogP contribution >= 0.6 is 0 Å². The molecule has 0 saturated carbocycles. The molecule has 3 N–H and O–H groups in total. The monoisotopic (exact) mass is 231 g/mol. The lowest BCUT2D eigenvalue weighted by atomic mass is 10.1. The van der Waals surface area contributed by atoms with E-state index in [4.69, 9.17) is 15.3 Å². The molecule has 1 aliphatic rings. The molecule has 1 heterocycles. The fourth-order valence-corrected chi connectivity index (χ4v) is 1.92. The van der Waals surface area contributed by atoms with E-state index in [1.165, 1.54) is 0 Å². The van der Waals surface area contributed by atoms with Crippen molar-refractivity contribution in [3.63, 3.8) is 0 Å². The van der Waals surface area contributed by atoms with Crippen LogP contribution in [0.5, 0.6) is 0 Å². The third kappa shape index (κ3) is 3.99. The van der Waals surface area contributed by atoms with Gasteiger partial charge < -0.3 is 9.47 Å². The fraction of sp³-hybridized carbons (Fsp3) is 1.00. The molecule has 96 valence electrons. The highest BCUT2D eigenvalue weighted by atomic mass is 16.5. The Morgan fingerprint density at radius 2 is 2.31 bits per heavy atom. The Hall–Kier alpha value is -0.200. The Kier molecular flexibility index (Phi) is 6.23. The normalized spacial score (nSPS) is 24.9. The first-order chi connectivity index (χ1) is 7.69. The summed E-state index contributed by atoms with van der Waals surface area (Å²) in [6, 6.07) is 0.624. The molecule has 1 saturated heterocycles. The smallest absolute Gasteiger partial charge is 0.0891 e. The van der Waals surface area contributed by atoms with Crippen molar-refractivity contribution in [2.24, 2.45) is 5.84 Å². The predicted octanol–water partition coefficient (Wildman–Crippen LogP) is -0.0360. The highest BCUT2D eigenvalue weighted by Crippen LogP contribution is 2.11. The Labute approximate surface area is 98.2 Å². The molecule has 5 heteroatoms. The van der Waals surface area contributed by atoms with Crippen molar-refractivity contribution < 1.29 is 9.47 Å². The number of hydrogen-bond donors (Lipinski definition) is 2. The first-order valence-electron chi connectivity index (χ1n) is 6.08. The van der Waals surface area contributed by atoms with Crippen molar-refractivity contribution in [3.05, 3.63) is 0 Å². The Bertz CT molecular complexity index is 190. The molecule has 0 aromatic heterocycles. The van der Waals surface area contributed by atoms with Gasteiger partial charge in [-0.05, 0) is 20.8 Å². The zero-order valence-electron chi connectivity index (χ0n) is 10.6. The summed E-state index contributed by atoms with van der Waals surface area (Å²) in [5, 5.41) is 0. The summed E-state index contributed by atoms with van der Waals surface area (Å²) in [6.45, 7) is 10.4. The topological polar surface area (TPSA) is 59.8 Å². The summed E-state index contributed by atoms with van der Waals surface area (Å²) in [6.07, 6.45) is 0.118. The SMILES string of the molecule is CCOCC(NN)C1CN(C(C)C)CCO1. The number of nitrogens with two attached hydrogens (primary N) is 1. The molecule has 0 aliphatic carbocycles. The van der Waals surface area contributed by atoms with Gasteiger partial charge in [-0.1, -0.05) is 0 Å². The summed E-state index contributed by atoms with van der Waals surface area (Å²) < 4.78 is 11.1. The van der Waals surface area contributed by atoms with Crippen molar-refractivity contribution in [2.75, 3.05) is 32.9 Å². The quantitative estimate of drug-likeness (QED) is 0.496. The van der Waals surface area contributed by atoms with Gasteiger partial charge in [0.2, 0.25) is 0 Å². The van der Waals surface area contributed by atoms with E-state index in [2.05, 4.69) is 24.2 Å². The number of hydrogen-bond acceptors (Lipinski definition) is 5. The van der Waals surface area contributed by atoms with Gasteiger partial charge in [-0.15, -0.1) is 0 Å². The van der Waals surface area contributed by atoms with Gasteiger partial charge in [0.1, 0.15) is 0 Å². The van der Waals surface area contributed by atoms with Gasteiger partial charge >= 0.3 is 0 Å². The number of nitrogens with one attached hydrogen (secondary N) is 1. The van der Waals surface area contributed by atoms with Gasteiger partial charge in [0.05, 0.1) is 25.4 Å². The van der Waals surface area contributed by atoms with Crippen LogP contribution < -0.4 is 11.3 Å². The molecule has 0 aromatic rings. The average Bonchev–Trinajstić information content (AvgIpc) is 2.30. The standard InChI is InChI=1S/C11H25N3O2/c1-4-15-8-10(13-12)11-7-14(9(2)3)5-6-16-11/h9-11,13H,4-8,12H2,1-3H3. The van der Waals surface area contributed by atoms with Crippen molar-refractivity contribution in [1.82, 2.24) is 10.3 Å². The van der Waals surface area contributed by atoms with Crippen LogP contribution in [0.3, 0.4) is 0 Å². The zero-order chi connectivity index (χ0) is 12.0. The number of morpholine rings is 1. The second-order valence-corrected chi connectivity index (χ2v) is 4.43. The highest BCUT2D eigenvalue weighted by molar-refractivity contribution is 4.82. The molecule has 0 radical (unpaired) electrons. The molecule has 1 aliphatic heterocycles. The van der Waals surface area contributed by atoms with E-state index in [-0.39, 0.29) is 12.1 Å². The summed E-state index contributed by atoms with van der Waals surface area (Å²) in [5.41, 5.74) is 2.79. The summed E-state index contributed by atoms with van der Waals surface area (Å²) in [4.78, 5) is 2.41. The molecule has 2 atom stereocenters. The lowest BCUT2D eigenvalue weighted by Gasteiger charge is -2.38. The summed E-state index contributed by atoms with van der Waals surface area (Å²) in [7, 11) is 0. The lowest BCUT2D eigenvalue weighted by molar-refractivity contribution is -0.0683. The number of hydrazine groups is 1. The average molecular weight is 231 g/mol. The Morgan fingerprint density at radius 3 is 2.88 bits per heavy atom. The van der Waals surface area contributed by atoms with Gasteiger partial charge in [0.15, 0.2) is 0 Å². The number of nitrogens with zero attached hydrogens (tertiary/aromatic N) is 1. The maximum absolute atomic E-state index is 5.74. The minimum atomic E-state index is 0.0708. The maximum atomic E-state index is 5.74. The predicted molar refractivity (Wildman–Crippen MR) is 64.1 cm³/mol. The van der Waals surface area contributed by atoms with E-state index in [1.807, 2.05) is 6.92 Å². The van der Waals surface area contributed by atoms with Crippen LogP contribution in [0.1, 0.15) is 20.8 Å². The van der Waals surface area contributed by atoms with Crippen molar-refractivity contribution in [2.45, 2.75) is 39.0 Å². The van der Waals surface area contributed by atoms with Crippen LogP contribution in [-0.4, -0.2) is 56.0 Å². The Morgan fingerprint density at radius 1 is 1.56 bits per heavy atom. The second kappa shape index (κ2) is 7.19. The minimum absolute atomic E-state index is 0.0708. The lowest BCUT2D eigenvalue weighted by Crippen LogP contribution is -2.56. The summed E-state index contributed by atoms with van der Waals surface area (Å²) in [5.74, 6) is 5.54. The first kappa shape index (κ1) is 13.9. The largest absolute Gasteiger partial charge is 0.380 e. The molecule has 0 amide bonds. The maximum Gasteiger partial charge on any atom is 0.0891 e. The fourth-order valence-electron chi connectivity index (χ4n) is 1.92. The van der Waals surface area contributed by atoms with Crippen LogP contribution in [0.2, 0.25) is 0 Å². The Balaban J connectivity index is 2.43. The van der Waals surface area contributed by atoms with Crippen LogP contribution in [0, 0.1) is 0 Å². The van der Waals surface area contributed by atoms with Crippen LogP contribution in [0.25, 0.3) is 0 Å². The van der Waals surface area contributed by atoms with Gasteiger partial charge in [0, 0.05) is 25.7 Å². The number of rotatable bonds is 6. The molecule has 2 unspecified atom stereocenters. The minimum Gasteiger partial charge on any atom is -0.380 e. The zero-order valence-corrected chi connectivity index (χ0v) is 10.6. The molecule has 0 spiro atoms. The first-order valence-corrected chi connectivity index (χ1v) is 6.08. The van der Waals surface area contributed by atoms with E-state index in [0.29, 0.717) is 19.3 Å². The molecular formula is C11H25N3O2. The number of ether oxygens (including phenoxy) is 2. The van der Waals surface area contributed by atoms with Gasteiger partial charge in [-0.25, -0.2) is 0 Å². The van der Waals surface area contributed by atoms with Crippen LogP contribution in [0.4, 0.5) is 0 Å². The van der Waals surface area contributed by atoms with E-state index in [9.17, 15) is 0 Å². The van der Waals surface area contributed by atoms with Crippen molar-refractivity contribution in [1.29, 1.82) is 0 Å². The van der Waals surface area contributed by atoms with E-state index >= 15 is 0 Å². The van der Waals surface area contributed by atoms with Crippen molar-refractivity contribution in [3.8, 4) is 0 Å². The van der Waals surface area contributed by atoms with E-state index in [0.717, 1.165) is 19.7 Å². The third-order valence-electron chi connectivity index (χ3n) is 3.02. The van der Waals surface area contributed by atoms with Gasteiger partial charge in [-0.3, -0.25) is 16.2 Å². The molecular weight excluding hydrogens is 206 g/mol. The molecule has 0 bridgehead atoms. The molecule has 16 heavy (non-hydrogen) atoms. The van der Waals surface area contributed by atoms with E-state index in [1.54, 1.807) is 0 Å². The van der Waals surface area contributed by atoms with Crippen molar-refractivity contribution >= 4 is 0 Å². The van der Waals surface area contributed by atoms with Gasteiger partial charge in [-0.2, -0.15) is 0 Å². The highest BCUT2D eigenvalue weighted by Gasteiger charge is 2.28. The molecule has 1 fully saturated rings. The molecule has 1 rings (SSSR count). The van der Waals surface area contributed by atoms with Crippen LogP contribution in [-0.2, 0) is 9.47 Å². The summed E-state index contributed by atoms with van der Waals surface area (Å²) >= 11 is 0. The molecule has 5 nitrogen and oxygen atoms in total.